The number of aromatic amines is 2. The number of hydrogen-bond acceptors (Lipinski definition) is 7. The summed E-state index contributed by atoms with van der Waals surface area (Å²) in [7, 11) is 1.78. The zero-order valence-electron chi connectivity index (χ0n) is 23.1. The lowest BCUT2D eigenvalue weighted by molar-refractivity contribution is 0.0587. The molecule has 0 bridgehead atoms. The molecule has 1 atom stereocenters. The lowest BCUT2D eigenvalue weighted by Gasteiger charge is -2.54. The van der Waals surface area contributed by atoms with Gasteiger partial charge in [-0.1, -0.05) is 0 Å². The third kappa shape index (κ3) is 4.59. The van der Waals surface area contributed by atoms with E-state index in [4.69, 9.17) is 14.5 Å². The van der Waals surface area contributed by atoms with Gasteiger partial charge in [0.2, 0.25) is 0 Å². The molecule has 4 aromatic heterocycles. The lowest BCUT2D eigenvalue weighted by atomic mass is 9.72. The molecule has 2 aliphatic heterocycles. The van der Waals surface area contributed by atoms with Crippen LogP contribution in [0.4, 0.5) is 5.82 Å². The second kappa shape index (κ2) is 10.2. The van der Waals surface area contributed by atoms with Gasteiger partial charge in [0.25, 0.3) is 0 Å². The second-order valence-electron chi connectivity index (χ2n) is 11.3. The Balaban J connectivity index is 1.04. The van der Waals surface area contributed by atoms with Gasteiger partial charge in [-0.05, 0) is 75.3 Å². The Kier molecular flexibility index (Phi) is 6.40. The zero-order valence-corrected chi connectivity index (χ0v) is 23.1. The topological polar surface area (TPSA) is 95.2 Å². The maximum atomic E-state index is 6.38. The first-order chi connectivity index (χ1) is 19.6. The summed E-state index contributed by atoms with van der Waals surface area (Å²) < 4.78 is 11.6. The molecule has 5 aromatic rings. The molecule has 0 saturated carbocycles. The van der Waals surface area contributed by atoms with E-state index < -0.39 is 0 Å². The third-order valence-corrected chi connectivity index (χ3v) is 8.71. The average molecular weight is 538 g/mol. The molecule has 0 unspecified atom stereocenters. The van der Waals surface area contributed by atoms with E-state index in [1.54, 1.807) is 7.11 Å². The largest absolute Gasteiger partial charge is 0.486 e. The minimum atomic E-state index is -0.132. The van der Waals surface area contributed by atoms with Gasteiger partial charge in [0.1, 0.15) is 29.0 Å². The molecule has 2 fully saturated rings. The number of aromatic nitrogens is 5. The fourth-order valence-electron chi connectivity index (χ4n) is 6.32. The number of nitrogens with zero attached hydrogens (tertiary/aromatic N) is 5. The van der Waals surface area contributed by atoms with Crippen molar-refractivity contribution in [2.24, 2.45) is 5.41 Å². The van der Waals surface area contributed by atoms with Crippen molar-refractivity contribution < 1.29 is 9.47 Å². The lowest BCUT2D eigenvalue weighted by Crippen LogP contribution is -2.60. The van der Waals surface area contributed by atoms with Crippen molar-refractivity contribution in [3.63, 3.8) is 0 Å². The SMILES string of the molecule is COCCN1CCC2(CC1)CN(c1ccc(-c3n[nH]c4ccc(O[C@H](C)c5ccnc6[nH]ccc56)cc34)cn1)C2. The van der Waals surface area contributed by atoms with Gasteiger partial charge in [-0.3, -0.25) is 5.10 Å². The predicted octanol–water partition coefficient (Wildman–Crippen LogP) is 5.19. The number of benzene rings is 1. The highest BCUT2D eigenvalue weighted by molar-refractivity contribution is 5.93. The van der Waals surface area contributed by atoms with Crippen molar-refractivity contribution in [3.05, 3.63) is 66.6 Å². The fraction of sp³-hybridized carbons (Fsp3) is 0.387. The average Bonchev–Trinajstić information content (AvgIpc) is 3.62. The monoisotopic (exact) mass is 537 g/mol. The molecule has 0 aliphatic carbocycles. The van der Waals surface area contributed by atoms with Gasteiger partial charge in [0.15, 0.2) is 0 Å². The van der Waals surface area contributed by atoms with E-state index in [-0.39, 0.29) is 6.10 Å². The van der Waals surface area contributed by atoms with Gasteiger partial charge in [-0.25, -0.2) is 9.97 Å². The summed E-state index contributed by atoms with van der Waals surface area (Å²) in [6, 6.07) is 14.4. The quantitative estimate of drug-likeness (QED) is 0.281. The Bertz CT molecular complexity index is 1610. The van der Waals surface area contributed by atoms with Crippen molar-refractivity contribution in [2.45, 2.75) is 25.9 Å². The number of piperidine rings is 1. The van der Waals surface area contributed by atoms with Gasteiger partial charge >= 0.3 is 0 Å². The van der Waals surface area contributed by atoms with Gasteiger partial charge in [0, 0.05) is 72.6 Å². The van der Waals surface area contributed by atoms with Crippen molar-refractivity contribution in [1.29, 1.82) is 0 Å². The number of nitrogens with one attached hydrogen (secondary N) is 2. The van der Waals surface area contributed by atoms with Crippen LogP contribution in [0.25, 0.3) is 33.2 Å². The van der Waals surface area contributed by atoms with E-state index >= 15 is 0 Å². The minimum Gasteiger partial charge on any atom is -0.486 e. The molecular formula is C31H35N7O2. The number of ether oxygens (including phenoxy) is 2. The summed E-state index contributed by atoms with van der Waals surface area (Å²) in [5.41, 5.74) is 5.25. The molecule has 0 radical (unpaired) electrons. The molecule has 9 nitrogen and oxygen atoms in total. The third-order valence-electron chi connectivity index (χ3n) is 8.71. The summed E-state index contributed by atoms with van der Waals surface area (Å²) in [6.07, 6.45) is 8.04. The maximum absolute atomic E-state index is 6.38. The number of pyridine rings is 2. The summed E-state index contributed by atoms with van der Waals surface area (Å²) in [4.78, 5) is 17.3. The first-order valence-corrected chi connectivity index (χ1v) is 14.1. The van der Waals surface area contributed by atoms with Gasteiger partial charge < -0.3 is 24.3 Å². The van der Waals surface area contributed by atoms with E-state index in [2.05, 4.69) is 55.1 Å². The number of fused-ring (bicyclic) bond motifs is 2. The molecule has 9 heteroatoms. The highest BCUT2D eigenvalue weighted by atomic mass is 16.5. The van der Waals surface area contributed by atoms with Crippen LogP contribution in [0.5, 0.6) is 5.75 Å². The Morgan fingerprint density at radius 2 is 1.90 bits per heavy atom. The van der Waals surface area contributed by atoms with Crippen LogP contribution in [0, 0.1) is 5.41 Å². The second-order valence-corrected chi connectivity index (χ2v) is 11.3. The molecule has 7 rings (SSSR count). The smallest absolute Gasteiger partial charge is 0.137 e. The Labute approximate surface area is 233 Å². The Morgan fingerprint density at radius 1 is 1.02 bits per heavy atom. The molecule has 40 heavy (non-hydrogen) atoms. The summed E-state index contributed by atoms with van der Waals surface area (Å²) >= 11 is 0. The van der Waals surface area contributed by atoms with Crippen LogP contribution in [0.2, 0.25) is 0 Å². The van der Waals surface area contributed by atoms with Crippen LogP contribution < -0.4 is 9.64 Å². The summed E-state index contributed by atoms with van der Waals surface area (Å²) in [5.74, 6) is 1.84. The highest BCUT2D eigenvalue weighted by Gasteiger charge is 2.45. The molecular weight excluding hydrogens is 502 g/mol. The minimum absolute atomic E-state index is 0.132. The Morgan fingerprint density at radius 3 is 2.70 bits per heavy atom. The molecule has 0 amide bonds. The molecule has 2 aliphatic rings. The van der Waals surface area contributed by atoms with E-state index in [9.17, 15) is 0 Å². The van der Waals surface area contributed by atoms with Gasteiger partial charge in [-0.15, -0.1) is 0 Å². The summed E-state index contributed by atoms with van der Waals surface area (Å²) in [6.45, 7) is 8.43. The fourth-order valence-corrected chi connectivity index (χ4v) is 6.32. The number of likely N-dealkylation sites (tertiary alicyclic amines) is 1. The molecule has 1 aromatic carbocycles. The van der Waals surface area contributed by atoms with Crippen LogP contribution in [0.1, 0.15) is 31.4 Å². The van der Waals surface area contributed by atoms with Crippen LogP contribution in [-0.4, -0.2) is 76.5 Å². The van der Waals surface area contributed by atoms with E-state index in [1.165, 1.54) is 25.9 Å². The summed E-state index contributed by atoms with van der Waals surface area (Å²) in [5, 5.41) is 9.88. The van der Waals surface area contributed by atoms with E-state index in [0.717, 1.165) is 76.6 Å². The van der Waals surface area contributed by atoms with Crippen molar-refractivity contribution in [1.82, 2.24) is 30.0 Å². The van der Waals surface area contributed by atoms with Crippen LogP contribution in [0.15, 0.2) is 61.1 Å². The predicted molar refractivity (Wildman–Crippen MR) is 157 cm³/mol. The van der Waals surface area contributed by atoms with Crippen LogP contribution in [-0.2, 0) is 4.74 Å². The molecule has 2 N–H and O–H groups in total. The molecule has 206 valence electrons. The maximum Gasteiger partial charge on any atom is 0.137 e. The van der Waals surface area contributed by atoms with Gasteiger partial charge in [0.05, 0.1) is 12.1 Å². The standard InChI is InChI=1S/C31H35N7O2/c1-21(24-7-11-32-30-25(24)8-12-33-30)40-23-4-5-27-26(17-23)29(36-35-27)22-3-6-28(34-18-22)38-19-31(20-38)9-13-37(14-10-31)15-16-39-2/h3-8,11-12,17-18,21H,9-10,13-16,19-20H2,1-2H3,(H,32,33)(H,35,36)/t21-/m1/s1. The van der Waals surface area contributed by atoms with Crippen molar-refractivity contribution in [2.75, 3.05) is 51.3 Å². The van der Waals surface area contributed by atoms with Crippen LogP contribution >= 0.6 is 0 Å². The zero-order chi connectivity index (χ0) is 27.1. The van der Waals surface area contributed by atoms with Crippen LogP contribution in [0.3, 0.4) is 0 Å². The van der Waals surface area contributed by atoms with E-state index in [0.29, 0.717) is 5.41 Å². The van der Waals surface area contributed by atoms with E-state index in [1.807, 2.05) is 42.9 Å². The normalized spacial score (nSPS) is 17.9. The molecule has 2 saturated heterocycles. The van der Waals surface area contributed by atoms with Crippen molar-refractivity contribution in [3.8, 4) is 17.0 Å². The first-order valence-electron chi connectivity index (χ1n) is 14.1. The van der Waals surface area contributed by atoms with Gasteiger partial charge in [-0.2, -0.15) is 5.10 Å². The Hall–Kier alpha value is -3.95. The number of H-pyrrole nitrogens is 2. The number of anilines is 1. The van der Waals surface area contributed by atoms with Crippen molar-refractivity contribution >= 4 is 27.8 Å². The number of hydrogen-bond donors (Lipinski definition) is 2. The number of methoxy groups -OCH3 is 1. The first kappa shape index (κ1) is 25.0. The highest BCUT2D eigenvalue weighted by Crippen LogP contribution is 2.42. The molecule has 1 spiro atoms. The number of rotatable bonds is 8. The molecule has 6 heterocycles.